The summed E-state index contributed by atoms with van der Waals surface area (Å²) in [7, 11) is -3.11. The quantitative estimate of drug-likeness (QED) is 0.746. The lowest BCUT2D eigenvalue weighted by Crippen LogP contribution is -2.43. The molecule has 1 unspecified atom stereocenters. The number of benzene rings is 1. The van der Waals surface area contributed by atoms with Crippen molar-refractivity contribution in [1.29, 1.82) is 0 Å². The molecule has 1 aromatic carbocycles. The van der Waals surface area contributed by atoms with Gasteiger partial charge in [0, 0.05) is 12.6 Å². The van der Waals surface area contributed by atoms with Gasteiger partial charge in [-0.2, -0.15) is 0 Å². The van der Waals surface area contributed by atoms with Crippen LogP contribution in [0.4, 0.5) is 4.39 Å². The minimum atomic E-state index is -3.11. The highest BCUT2D eigenvalue weighted by Crippen LogP contribution is 2.18. The van der Waals surface area contributed by atoms with Crippen molar-refractivity contribution in [1.82, 2.24) is 4.90 Å². The van der Waals surface area contributed by atoms with E-state index in [9.17, 15) is 22.4 Å². The number of nitrogens with zero attached hydrogens (tertiary/aromatic N) is 1. The van der Waals surface area contributed by atoms with E-state index in [-0.39, 0.29) is 23.1 Å². The van der Waals surface area contributed by atoms with Crippen LogP contribution in [0.2, 0.25) is 0 Å². The number of amides is 1. The van der Waals surface area contributed by atoms with Crippen LogP contribution < -0.4 is 0 Å². The molecule has 0 radical (unpaired) electrons. The van der Waals surface area contributed by atoms with E-state index >= 15 is 0 Å². The van der Waals surface area contributed by atoms with E-state index in [1.807, 2.05) is 0 Å². The molecule has 8 heteroatoms. The van der Waals surface area contributed by atoms with Gasteiger partial charge in [-0.3, -0.25) is 4.79 Å². The van der Waals surface area contributed by atoms with Crippen LogP contribution in [0.1, 0.15) is 23.7 Å². The van der Waals surface area contributed by atoms with Gasteiger partial charge in [0.1, 0.15) is 5.82 Å². The molecule has 6 nitrogen and oxygen atoms in total. The first-order valence-electron chi connectivity index (χ1n) is 7.25. The monoisotopic (exact) mass is 343 g/mol. The molecule has 1 saturated heterocycles. The summed E-state index contributed by atoms with van der Waals surface area (Å²) in [4.78, 5) is 25.3. The number of esters is 1. The van der Waals surface area contributed by atoms with Gasteiger partial charge in [0.2, 0.25) is 0 Å². The summed E-state index contributed by atoms with van der Waals surface area (Å²) in [5, 5.41) is 0. The molecular weight excluding hydrogens is 325 g/mol. The van der Waals surface area contributed by atoms with E-state index in [2.05, 4.69) is 0 Å². The highest BCUT2D eigenvalue weighted by molar-refractivity contribution is 7.91. The second-order valence-corrected chi connectivity index (χ2v) is 7.55. The number of ether oxygens (including phenoxy) is 1. The molecule has 0 spiro atoms. The average Bonchev–Trinajstić information content (AvgIpc) is 2.85. The topological polar surface area (TPSA) is 80.8 Å². The third kappa shape index (κ3) is 4.51. The number of likely N-dealkylation sites (N-methyl/N-ethyl adjacent to an activating group) is 1. The van der Waals surface area contributed by atoms with Gasteiger partial charge in [0.25, 0.3) is 5.91 Å². The van der Waals surface area contributed by atoms with E-state index in [1.54, 1.807) is 6.92 Å². The van der Waals surface area contributed by atoms with Gasteiger partial charge in [-0.25, -0.2) is 17.6 Å². The van der Waals surface area contributed by atoms with Crippen LogP contribution in [-0.4, -0.2) is 55.9 Å². The molecule has 1 amide bonds. The molecule has 0 bridgehead atoms. The molecule has 1 aliphatic rings. The van der Waals surface area contributed by atoms with Crippen LogP contribution in [0.15, 0.2) is 24.3 Å². The Morgan fingerprint density at radius 1 is 1.39 bits per heavy atom. The van der Waals surface area contributed by atoms with Crippen molar-refractivity contribution in [2.24, 2.45) is 0 Å². The lowest BCUT2D eigenvalue weighted by Gasteiger charge is -2.26. The SMILES string of the molecule is CCN(C(=O)COC(=O)c1cccc(F)c1)C1CCS(=O)(=O)C1. The molecule has 23 heavy (non-hydrogen) atoms. The first-order valence-corrected chi connectivity index (χ1v) is 9.07. The largest absolute Gasteiger partial charge is 0.452 e. The van der Waals surface area contributed by atoms with E-state index in [0.717, 1.165) is 6.07 Å². The lowest BCUT2D eigenvalue weighted by molar-refractivity contribution is -0.136. The van der Waals surface area contributed by atoms with E-state index < -0.39 is 34.1 Å². The Hall–Kier alpha value is -1.96. The Bertz CT molecular complexity index is 704. The zero-order valence-electron chi connectivity index (χ0n) is 12.7. The minimum absolute atomic E-state index is 0.0179. The highest BCUT2D eigenvalue weighted by Gasteiger charge is 2.34. The molecule has 0 N–H and O–H groups in total. The summed E-state index contributed by atoms with van der Waals surface area (Å²) < 4.78 is 41.0. The Morgan fingerprint density at radius 2 is 2.13 bits per heavy atom. The van der Waals surface area contributed by atoms with Gasteiger partial charge in [0.05, 0.1) is 17.1 Å². The highest BCUT2D eigenvalue weighted by atomic mass is 32.2. The van der Waals surface area contributed by atoms with E-state index in [0.29, 0.717) is 13.0 Å². The van der Waals surface area contributed by atoms with E-state index in [4.69, 9.17) is 4.74 Å². The Morgan fingerprint density at radius 3 is 2.70 bits per heavy atom. The van der Waals surface area contributed by atoms with Gasteiger partial charge in [-0.15, -0.1) is 0 Å². The lowest BCUT2D eigenvalue weighted by atomic mass is 10.2. The standard InChI is InChI=1S/C15H18FNO5S/c1-2-17(13-6-7-23(20,21)10-13)14(18)9-22-15(19)11-4-3-5-12(16)8-11/h3-5,8,13H,2,6-7,9-10H2,1H3. The molecule has 0 aromatic heterocycles. The third-order valence-corrected chi connectivity index (χ3v) is 5.45. The van der Waals surface area contributed by atoms with Crippen molar-refractivity contribution in [3.05, 3.63) is 35.6 Å². The summed E-state index contributed by atoms with van der Waals surface area (Å²) in [6.45, 7) is 1.56. The van der Waals surface area contributed by atoms with Crippen LogP contribution >= 0.6 is 0 Å². The molecule has 0 aliphatic carbocycles. The number of halogens is 1. The fourth-order valence-electron chi connectivity index (χ4n) is 2.57. The minimum Gasteiger partial charge on any atom is -0.452 e. The normalized spacial score (nSPS) is 19.3. The predicted octanol–water partition coefficient (Wildman–Crippen LogP) is 1.02. The average molecular weight is 343 g/mol. The van der Waals surface area contributed by atoms with Crippen molar-refractivity contribution in [3.8, 4) is 0 Å². The van der Waals surface area contributed by atoms with Crippen molar-refractivity contribution in [2.45, 2.75) is 19.4 Å². The number of carbonyl (C=O) groups is 2. The molecule has 1 aliphatic heterocycles. The van der Waals surface area contributed by atoms with Gasteiger partial charge < -0.3 is 9.64 Å². The predicted molar refractivity (Wildman–Crippen MR) is 81.1 cm³/mol. The molecule has 0 saturated carbocycles. The molecular formula is C15H18FNO5S. The summed E-state index contributed by atoms with van der Waals surface area (Å²) in [6, 6.07) is 4.59. The maximum absolute atomic E-state index is 13.0. The fraction of sp³-hybridized carbons (Fsp3) is 0.467. The number of rotatable bonds is 5. The third-order valence-electron chi connectivity index (χ3n) is 3.70. The second kappa shape index (κ2) is 7.08. The first kappa shape index (κ1) is 17.4. The molecule has 1 heterocycles. The molecule has 2 rings (SSSR count). The van der Waals surface area contributed by atoms with Crippen LogP contribution in [0, 0.1) is 5.82 Å². The maximum Gasteiger partial charge on any atom is 0.338 e. The Kier molecular flexibility index (Phi) is 5.35. The molecule has 1 aromatic rings. The summed E-state index contributed by atoms with van der Waals surface area (Å²) in [5.74, 6) is -1.83. The van der Waals surface area contributed by atoms with Crippen molar-refractivity contribution in [2.75, 3.05) is 24.7 Å². The van der Waals surface area contributed by atoms with Gasteiger partial charge in [-0.1, -0.05) is 6.07 Å². The van der Waals surface area contributed by atoms with Crippen molar-refractivity contribution < 1.29 is 27.1 Å². The van der Waals surface area contributed by atoms with Crippen LogP contribution in [0.3, 0.4) is 0 Å². The maximum atomic E-state index is 13.0. The fourth-order valence-corrected chi connectivity index (χ4v) is 4.30. The number of carbonyl (C=O) groups excluding carboxylic acids is 2. The second-order valence-electron chi connectivity index (χ2n) is 5.32. The number of hydrogen-bond donors (Lipinski definition) is 0. The van der Waals surface area contributed by atoms with Gasteiger partial charge in [-0.05, 0) is 31.5 Å². The zero-order chi connectivity index (χ0) is 17.0. The van der Waals surface area contributed by atoms with Crippen LogP contribution in [0.5, 0.6) is 0 Å². The van der Waals surface area contributed by atoms with Crippen molar-refractivity contribution >= 4 is 21.7 Å². The molecule has 1 atom stereocenters. The Labute approximate surface area is 134 Å². The summed E-state index contributed by atoms with van der Waals surface area (Å²) in [5.41, 5.74) is 0.0179. The molecule has 126 valence electrons. The first-order chi connectivity index (χ1) is 10.8. The van der Waals surface area contributed by atoms with Gasteiger partial charge in [0.15, 0.2) is 16.4 Å². The molecule has 1 fully saturated rings. The van der Waals surface area contributed by atoms with E-state index in [1.165, 1.54) is 23.1 Å². The van der Waals surface area contributed by atoms with Crippen LogP contribution in [-0.2, 0) is 19.4 Å². The van der Waals surface area contributed by atoms with Crippen LogP contribution in [0.25, 0.3) is 0 Å². The number of sulfone groups is 1. The Balaban J connectivity index is 1.94. The summed E-state index contributed by atoms with van der Waals surface area (Å²) in [6.07, 6.45) is 0.389. The van der Waals surface area contributed by atoms with Gasteiger partial charge >= 0.3 is 5.97 Å². The zero-order valence-corrected chi connectivity index (χ0v) is 13.5. The summed E-state index contributed by atoms with van der Waals surface area (Å²) >= 11 is 0. The smallest absolute Gasteiger partial charge is 0.338 e. The van der Waals surface area contributed by atoms with Crippen molar-refractivity contribution in [3.63, 3.8) is 0 Å². The number of hydrogen-bond acceptors (Lipinski definition) is 5.